The van der Waals surface area contributed by atoms with Crippen LogP contribution < -0.4 is 10.9 Å². The lowest BCUT2D eigenvalue weighted by Gasteiger charge is -2.21. The number of para-hydroxylation sites is 1. The van der Waals surface area contributed by atoms with Gasteiger partial charge in [-0.25, -0.2) is 4.98 Å². The molecule has 0 bridgehead atoms. The first-order chi connectivity index (χ1) is 12.2. The predicted octanol–water partition coefficient (Wildman–Crippen LogP) is 4.49. The minimum absolute atomic E-state index is 0.00735. The molecule has 2 aromatic carbocycles. The summed E-state index contributed by atoms with van der Waals surface area (Å²) in [5, 5.41) is 4.76. The molecule has 0 saturated heterocycles. The first-order valence-electron chi connectivity index (χ1n) is 8.66. The van der Waals surface area contributed by atoms with Gasteiger partial charge in [-0.15, -0.1) is 0 Å². The summed E-state index contributed by atoms with van der Waals surface area (Å²) in [7, 11) is 0. The van der Waals surface area contributed by atoms with Gasteiger partial charge in [0, 0.05) is 5.02 Å². The lowest BCUT2D eigenvalue weighted by atomic mass is 10.1. The predicted molar refractivity (Wildman–Crippen MR) is 104 cm³/mol. The number of rotatable bonds is 6. The van der Waals surface area contributed by atoms with Crippen LogP contribution in [0.15, 0.2) is 53.3 Å². The molecule has 0 aliphatic heterocycles. The molecule has 0 saturated carbocycles. The highest BCUT2D eigenvalue weighted by Gasteiger charge is 2.19. The number of fused-ring (bicyclic) bond motifs is 1. The third-order valence-corrected chi connectivity index (χ3v) is 4.50. The topological polar surface area (TPSA) is 46.9 Å². The Morgan fingerprint density at radius 3 is 2.52 bits per heavy atom. The van der Waals surface area contributed by atoms with Gasteiger partial charge in [-0.1, -0.05) is 37.6 Å². The number of halogens is 1. The molecule has 3 aromatic rings. The standard InChI is InChI=1S/C20H22ClN3O/c1-3-13-22-17(4-2)19-23-18-8-6-5-7-16(18)20(25)24(19)15-11-9-14(21)10-12-15/h5-12,17,22H,3-4,13H2,1-2H3/t17-/m0/s1. The Labute approximate surface area is 152 Å². The van der Waals surface area contributed by atoms with E-state index in [1.54, 1.807) is 16.7 Å². The van der Waals surface area contributed by atoms with E-state index in [9.17, 15) is 4.79 Å². The molecule has 0 spiro atoms. The Hall–Kier alpha value is -2.17. The van der Waals surface area contributed by atoms with E-state index in [-0.39, 0.29) is 11.6 Å². The highest BCUT2D eigenvalue weighted by molar-refractivity contribution is 6.30. The second kappa shape index (κ2) is 7.81. The minimum atomic E-state index is -0.0559. The molecule has 0 radical (unpaired) electrons. The van der Waals surface area contributed by atoms with Crippen LogP contribution in [-0.2, 0) is 0 Å². The zero-order chi connectivity index (χ0) is 17.8. The van der Waals surface area contributed by atoms with Crippen molar-refractivity contribution in [2.45, 2.75) is 32.7 Å². The fraction of sp³-hybridized carbons (Fsp3) is 0.300. The SMILES string of the molecule is CCCN[C@@H](CC)c1nc2ccccc2c(=O)n1-c1ccc(Cl)cc1. The maximum atomic E-state index is 13.2. The van der Waals surface area contributed by atoms with Gasteiger partial charge in [-0.2, -0.15) is 0 Å². The zero-order valence-electron chi connectivity index (χ0n) is 14.5. The number of nitrogens with zero attached hydrogens (tertiary/aromatic N) is 2. The number of hydrogen-bond donors (Lipinski definition) is 1. The van der Waals surface area contributed by atoms with Crippen molar-refractivity contribution in [2.75, 3.05) is 6.54 Å². The Bertz CT molecular complexity index is 918. The third kappa shape index (κ3) is 3.60. The third-order valence-electron chi connectivity index (χ3n) is 4.25. The minimum Gasteiger partial charge on any atom is -0.307 e. The van der Waals surface area contributed by atoms with Crippen LogP contribution in [0.2, 0.25) is 5.02 Å². The average molecular weight is 356 g/mol. The second-order valence-corrected chi connectivity index (χ2v) is 6.46. The lowest BCUT2D eigenvalue weighted by Crippen LogP contribution is -2.31. The van der Waals surface area contributed by atoms with Crippen LogP contribution in [0.5, 0.6) is 0 Å². The Morgan fingerprint density at radius 1 is 1.12 bits per heavy atom. The van der Waals surface area contributed by atoms with Gasteiger partial charge in [0.05, 0.1) is 22.6 Å². The van der Waals surface area contributed by atoms with Crippen LogP contribution in [-0.4, -0.2) is 16.1 Å². The van der Waals surface area contributed by atoms with Crippen molar-refractivity contribution >= 4 is 22.5 Å². The van der Waals surface area contributed by atoms with Gasteiger partial charge >= 0.3 is 0 Å². The molecule has 5 heteroatoms. The lowest BCUT2D eigenvalue weighted by molar-refractivity contribution is 0.484. The quantitative estimate of drug-likeness (QED) is 0.708. The molecule has 0 amide bonds. The van der Waals surface area contributed by atoms with Crippen molar-refractivity contribution in [1.29, 1.82) is 0 Å². The molecule has 1 N–H and O–H groups in total. The van der Waals surface area contributed by atoms with Crippen LogP contribution in [0.1, 0.15) is 38.6 Å². The summed E-state index contributed by atoms with van der Waals surface area (Å²) in [5.74, 6) is 0.738. The van der Waals surface area contributed by atoms with Crippen molar-refractivity contribution in [1.82, 2.24) is 14.9 Å². The molecular formula is C20H22ClN3O. The van der Waals surface area contributed by atoms with Gasteiger partial charge in [-0.05, 0) is 55.8 Å². The summed E-state index contributed by atoms with van der Waals surface area (Å²) in [6.07, 6.45) is 1.87. The molecule has 0 aliphatic carbocycles. The van der Waals surface area contributed by atoms with Crippen molar-refractivity contribution in [3.8, 4) is 5.69 Å². The number of benzene rings is 2. The number of aromatic nitrogens is 2. The molecule has 0 unspecified atom stereocenters. The van der Waals surface area contributed by atoms with E-state index in [4.69, 9.17) is 16.6 Å². The molecule has 1 aromatic heterocycles. The summed E-state index contributed by atoms with van der Waals surface area (Å²) < 4.78 is 1.70. The molecule has 25 heavy (non-hydrogen) atoms. The maximum Gasteiger partial charge on any atom is 0.266 e. The van der Waals surface area contributed by atoms with E-state index in [0.717, 1.165) is 36.4 Å². The van der Waals surface area contributed by atoms with Crippen LogP contribution >= 0.6 is 11.6 Å². The van der Waals surface area contributed by atoms with E-state index in [1.165, 1.54) is 0 Å². The van der Waals surface area contributed by atoms with Crippen LogP contribution in [0, 0.1) is 0 Å². The van der Waals surface area contributed by atoms with Gasteiger partial charge in [0.25, 0.3) is 5.56 Å². The molecule has 130 valence electrons. The van der Waals surface area contributed by atoms with E-state index >= 15 is 0 Å². The van der Waals surface area contributed by atoms with Gasteiger partial charge in [-0.3, -0.25) is 9.36 Å². The van der Waals surface area contributed by atoms with E-state index in [2.05, 4.69) is 19.2 Å². The Balaban J connectivity index is 2.27. The van der Waals surface area contributed by atoms with E-state index < -0.39 is 0 Å². The molecule has 1 heterocycles. The van der Waals surface area contributed by atoms with E-state index in [0.29, 0.717) is 10.4 Å². The van der Waals surface area contributed by atoms with Crippen molar-refractivity contribution in [3.05, 3.63) is 69.7 Å². The molecule has 0 fully saturated rings. The van der Waals surface area contributed by atoms with Crippen LogP contribution in [0.25, 0.3) is 16.6 Å². The second-order valence-electron chi connectivity index (χ2n) is 6.02. The smallest absolute Gasteiger partial charge is 0.266 e. The normalized spacial score (nSPS) is 12.4. The van der Waals surface area contributed by atoms with Crippen LogP contribution in [0.4, 0.5) is 0 Å². The van der Waals surface area contributed by atoms with Gasteiger partial charge in [0.2, 0.25) is 0 Å². The fourth-order valence-corrected chi connectivity index (χ4v) is 3.09. The molecule has 0 aliphatic rings. The largest absolute Gasteiger partial charge is 0.307 e. The van der Waals surface area contributed by atoms with Crippen molar-refractivity contribution in [3.63, 3.8) is 0 Å². The maximum absolute atomic E-state index is 13.2. The zero-order valence-corrected chi connectivity index (χ0v) is 15.3. The Kier molecular flexibility index (Phi) is 5.51. The summed E-state index contributed by atoms with van der Waals surface area (Å²) in [6.45, 7) is 5.10. The average Bonchev–Trinajstić information content (AvgIpc) is 2.64. The van der Waals surface area contributed by atoms with Crippen molar-refractivity contribution in [2.24, 2.45) is 0 Å². The highest BCUT2D eigenvalue weighted by Crippen LogP contribution is 2.21. The summed E-state index contributed by atoms with van der Waals surface area (Å²) in [4.78, 5) is 18.0. The molecular weight excluding hydrogens is 334 g/mol. The van der Waals surface area contributed by atoms with Gasteiger partial charge < -0.3 is 5.32 Å². The first kappa shape index (κ1) is 17.6. The summed E-state index contributed by atoms with van der Waals surface area (Å²) >= 11 is 6.02. The number of nitrogens with one attached hydrogen (secondary N) is 1. The molecule has 3 rings (SSSR count). The van der Waals surface area contributed by atoms with Crippen molar-refractivity contribution < 1.29 is 0 Å². The number of hydrogen-bond acceptors (Lipinski definition) is 3. The first-order valence-corrected chi connectivity index (χ1v) is 9.04. The van der Waals surface area contributed by atoms with Gasteiger partial charge in [0.1, 0.15) is 5.82 Å². The van der Waals surface area contributed by atoms with E-state index in [1.807, 2.05) is 36.4 Å². The van der Waals surface area contributed by atoms with Crippen LogP contribution in [0.3, 0.4) is 0 Å². The summed E-state index contributed by atoms with van der Waals surface area (Å²) in [6, 6.07) is 14.8. The monoisotopic (exact) mass is 355 g/mol. The summed E-state index contributed by atoms with van der Waals surface area (Å²) in [5.41, 5.74) is 1.45. The highest BCUT2D eigenvalue weighted by atomic mass is 35.5. The van der Waals surface area contributed by atoms with Gasteiger partial charge in [0.15, 0.2) is 0 Å². The molecule has 4 nitrogen and oxygen atoms in total. The fourth-order valence-electron chi connectivity index (χ4n) is 2.96. The molecule has 1 atom stereocenters. The Morgan fingerprint density at radius 2 is 1.84 bits per heavy atom.